The van der Waals surface area contributed by atoms with Gasteiger partial charge in [0.1, 0.15) is 15.7 Å². The molecule has 0 saturated heterocycles. The highest BCUT2D eigenvalue weighted by Gasteiger charge is 2.14. The average molecular weight is 320 g/mol. The Balaban J connectivity index is 2.15. The summed E-state index contributed by atoms with van der Waals surface area (Å²) in [5.74, 6) is 0.936. The van der Waals surface area contributed by atoms with Crippen LogP contribution in [0.15, 0.2) is 5.03 Å². The Morgan fingerprint density at radius 3 is 2.86 bits per heavy atom. The maximum Gasteiger partial charge on any atom is 0.230 e. The van der Waals surface area contributed by atoms with E-state index < -0.39 is 0 Å². The zero-order chi connectivity index (χ0) is 15.4. The Hall–Kier alpha value is -1.65. The lowest BCUT2D eigenvalue weighted by atomic mass is 10.2. The van der Waals surface area contributed by atoms with E-state index in [1.54, 1.807) is 11.3 Å². The van der Waals surface area contributed by atoms with Gasteiger partial charge in [-0.15, -0.1) is 11.3 Å². The minimum absolute atomic E-state index is 0.0794. The molecule has 0 saturated carbocycles. The van der Waals surface area contributed by atoms with Crippen molar-refractivity contribution in [1.29, 1.82) is 5.26 Å². The van der Waals surface area contributed by atoms with Crippen molar-refractivity contribution in [3.8, 4) is 6.07 Å². The SMILES string of the molecule is Cc1nc(SCC(=O)NCCC#N)c2c(C)c(C)sc2n1. The topological polar surface area (TPSA) is 78.7 Å². The van der Waals surface area contributed by atoms with Crippen molar-refractivity contribution in [2.75, 3.05) is 12.3 Å². The number of hydrogen-bond acceptors (Lipinski definition) is 6. The Labute approximate surface area is 131 Å². The van der Waals surface area contributed by atoms with Gasteiger partial charge >= 0.3 is 0 Å². The molecule has 0 aromatic carbocycles. The number of rotatable bonds is 5. The standard InChI is InChI=1S/C14H16N4OS2/c1-8-9(2)21-14-12(8)13(17-10(3)18-14)20-7-11(19)16-6-4-5-15/h4,6-7H2,1-3H3,(H,16,19). The van der Waals surface area contributed by atoms with Crippen LogP contribution in [0.1, 0.15) is 22.7 Å². The third-order valence-corrected chi connectivity index (χ3v) is 5.08. The summed E-state index contributed by atoms with van der Waals surface area (Å²) in [6.07, 6.45) is 0.329. The van der Waals surface area contributed by atoms with E-state index in [9.17, 15) is 4.79 Å². The molecule has 0 aliphatic rings. The fourth-order valence-corrected chi connectivity index (χ4v) is 3.96. The number of thiophene rings is 1. The van der Waals surface area contributed by atoms with Crippen LogP contribution in [0.5, 0.6) is 0 Å². The van der Waals surface area contributed by atoms with E-state index in [2.05, 4.69) is 29.1 Å². The van der Waals surface area contributed by atoms with Gasteiger partial charge in [-0.3, -0.25) is 4.79 Å². The van der Waals surface area contributed by atoms with E-state index in [0.717, 1.165) is 21.1 Å². The number of thioether (sulfide) groups is 1. The Bertz CT molecular complexity index is 718. The first kappa shape index (κ1) is 15.7. The molecule has 0 unspecified atom stereocenters. The summed E-state index contributed by atoms with van der Waals surface area (Å²) in [6.45, 7) is 6.38. The zero-order valence-electron chi connectivity index (χ0n) is 12.2. The third-order valence-electron chi connectivity index (χ3n) is 3.01. The van der Waals surface area contributed by atoms with Crippen LogP contribution < -0.4 is 5.32 Å². The molecule has 5 nitrogen and oxygen atoms in total. The molecular weight excluding hydrogens is 304 g/mol. The molecule has 110 valence electrons. The lowest BCUT2D eigenvalue weighted by Gasteiger charge is -2.05. The van der Waals surface area contributed by atoms with Crippen LogP contribution in [-0.2, 0) is 4.79 Å². The third kappa shape index (κ3) is 3.71. The first-order valence-corrected chi connectivity index (χ1v) is 8.34. The Morgan fingerprint density at radius 1 is 1.38 bits per heavy atom. The maximum atomic E-state index is 11.7. The minimum Gasteiger partial charge on any atom is -0.354 e. The largest absolute Gasteiger partial charge is 0.354 e. The second-order valence-electron chi connectivity index (χ2n) is 4.59. The number of nitriles is 1. The van der Waals surface area contributed by atoms with E-state index in [-0.39, 0.29) is 5.91 Å². The first-order chi connectivity index (χ1) is 10.0. The Morgan fingerprint density at radius 2 is 2.14 bits per heavy atom. The molecule has 2 rings (SSSR count). The highest BCUT2D eigenvalue weighted by atomic mass is 32.2. The van der Waals surface area contributed by atoms with E-state index in [0.29, 0.717) is 18.7 Å². The summed E-state index contributed by atoms with van der Waals surface area (Å²) >= 11 is 3.08. The number of aryl methyl sites for hydroxylation is 3. The van der Waals surface area contributed by atoms with Gasteiger partial charge in [0, 0.05) is 16.8 Å². The Kier molecular flexibility index (Phi) is 5.15. The fourth-order valence-electron chi connectivity index (χ4n) is 1.86. The molecule has 0 aliphatic carbocycles. The maximum absolute atomic E-state index is 11.7. The van der Waals surface area contributed by atoms with E-state index in [1.807, 2.05) is 13.0 Å². The van der Waals surface area contributed by atoms with Crippen molar-refractivity contribution < 1.29 is 4.79 Å². The van der Waals surface area contributed by atoms with Crippen LogP contribution in [0.25, 0.3) is 10.2 Å². The second kappa shape index (κ2) is 6.87. The van der Waals surface area contributed by atoms with E-state index in [1.165, 1.54) is 22.2 Å². The molecule has 0 radical (unpaired) electrons. The molecule has 1 N–H and O–H groups in total. The van der Waals surface area contributed by atoms with Crippen molar-refractivity contribution in [3.63, 3.8) is 0 Å². The predicted octanol–water partition coefficient (Wildman–Crippen LogP) is 2.74. The van der Waals surface area contributed by atoms with E-state index in [4.69, 9.17) is 5.26 Å². The summed E-state index contributed by atoms with van der Waals surface area (Å²) in [5, 5.41) is 13.1. The molecule has 1 amide bonds. The molecule has 2 aromatic heterocycles. The van der Waals surface area contributed by atoms with Crippen LogP contribution in [-0.4, -0.2) is 28.2 Å². The molecule has 21 heavy (non-hydrogen) atoms. The number of nitrogens with one attached hydrogen (secondary N) is 1. The summed E-state index contributed by atoms with van der Waals surface area (Å²) in [6, 6.07) is 2.00. The van der Waals surface area contributed by atoms with E-state index >= 15 is 0 Å². The molecule has 0 atom stereocenters. The highest BCUT2D eigenvalue weighted by molar-refractivity contribution is 8.00. The van der Waals surface area contributed by atoms with Crippen LogP contribution >= 0.6 is 23.1 Å². The molecular formula is C14H16N4OS2. The highest BCUT2D eigenvalue weighted by Crippen LogP contribution is 2.34. The fraction of sp³-hybridized carbons (Fsp3) is 0.429. The molecule has 0 bridgehead atoms. The molecule has 2 aromatic rings. The summed E-state index contributed by atoms with van der Waals surface area (Å²) < 4.78 is 0. The van der Waals surface area contributed by atoms with Crippen molar-refractivity contribution in [3.05, 3.63) is 16.3 Å². The van der Waals surface area contributed by atoms with Gasteiger partial charge in [-0.2, -0.15) is 5.26 Å². The number of nitrogens with zero attached hydrogens (tertiary/aromatic N) is 3. The summed E-state index contributed by atoms with van der Waals surface area (Å²) in [5.41, 5.74) is 1.18. The second-order valence-corrected chi connectivity index (χ2v) is 6.75. The summed E-state index contributed by atoms with van der Waals surface area (Å²) in [7, 11) is 0. The van der Waals surface area contributed by atoms with Gasteiger partial charge in [0.25, 0.3) is 0 Å². The number of hydrogen-bond donors (Lipinski definition) is 1. The van der Waals surface area contributed by atoms with Gasteiger partial charge in [0.05, 0.1) is 18.2 Å². The van der Waals surface area contributed by atoms with Gasteiger partial charge in [0.15, 0.2) is 0 Å². The van der Waals surface area contributed by atoms with Crippen LogP contribution in [0, 0.1) is 32.1 Å². The van der Waals surface area contributed by atoms with Gasteiger partial charge < -0.3 is 5.32 Å². The van der Waals surface area contributed by atoms with Crippen LogP contribution in [0.3, 0.4) is 0 Å². The smallest absolute Gasteiger partial charge is 0.230 e. The molecule has 0 aliphatic heterocycles. The first-order valence-electron chi connectivity index (χ1n) is 6.53. The number of carbonyl (C=O) groups is 1. The minimum atomic E-state index is -0.0794. The van der Waals surface area contributed by atoms with Crippen molar-refractivity contribution in [2.45, 2.75) is 32.2 Å². The quantitative estimate of drug-likeness (QED) is 0.520. The van der Waals surface area contributed by atoms with Crippen molar-refractivity contribution >= 4 is 39.2 Å². The molecule has 0 fully saturated rings. The summed E-state index contributed by atoms with van der Waals surface area (Å²) in [4.78, 5) is 22.9. The molecule has 2 heterocycles. The normalized spacial score (nSPS) is 10.6. The molecule has 0 spiro atoms. The zero-order valence-corrected chi connectivity index (χ0v) is 13.8. The lowest BCUT2D eigenvalue weighted by Crippen LogP contribution is -2.25. The number of fused-ring (bicyclic) bond motifs is 1. The number of amides is 1. The monoisotopic (exact) mass is 320 g/mol. The van der Waals surface area contributed by atoms with Crippen molar-refractivity contribution in [2.24, 2.45) is 0 Å². The molecule has 7 heteroatoms. The number of carbonyl (C=O) groups excluding carboxylic acids is 1. The number of aromatic nitrogens is 2. The van der Waals surface area contributed by atoms with Gasteiger partial charge in [-0.1, -0.05) is 11.8 Å². The van der Waals surface area contributed by atoms with Crippen molar-refractivity contribution in [1.82, 2.24) is 15.3 Å². The van der Waals surface area contributed by atoms with Gasteiger partial charge in [0.2, 0.25) is 5.91 Å². The lowest BCUT2D eigenvalue weighted by molar-refractivity contribution is -0.118. The average Bonchev–Trinajstić information content (AvgIpc) is 2.71. The predicted molar refractivity (Wildman–Crippen MR) is 85.6 cm³/mol. The van der Waals surface area contributed by atoms with Crippen LogP contribution in [0.4, 0.5) is 0 Å². The van der Waals surface area contributed by atoms with Gasteiger partial charge in [-0.05, 0) is 26.3 Å². The van der Waals surface area contributed by atoms with Crippen LogP contribution in [0.2, 0.25) is 0 Å². The van der Waals surface area contributed by atoms with Gasteiger partial charge in [-0.25, -0.2) is 9.97 Å².